The number of esters is 4. The average molecular weight is 509 g/mol. The van der Waals surface area contributed by atoms with Crippen molar-refractivity contribution in [2.45, 2.75) is 44.6 Å². The maximum absolute atomic E-state index is 12.4. The van der Waals surface area contributed by atoms with E-state index in [1.807, 2.05) is 0 Å². The molecule has 0 aliphatic heterocycles. The zero-order chi connectivity index (χ0) is 26.8. The van der Waals surface area contributed by atoms with Crippen LogP contribution < -0.4 is 14.2 Å². The Balaban J connectivity index is 1.47. The van der Waals surface area contributed by atoms with Crippen molar-refractivity contribution in [3.8, 4) is 17.2 Å². The second kappa shape index (κ2) is 13.2. The van der Waals surface area contributed by atoms with Crippen LogP contribution in [0.15, 0.2) is 72.8 Å². The Kier molecular flexibility index (Phi) is 9.74. The molecule has 0 spiro atoms. The molecule has 9 heteroatoms. The Morgan fingerprint density at radius 1 is 0.730 bits per heavy atom. The summed E-state index contributed by atoms with van der Waals surface area (Å²) in [4.78, 5) is 48.4. The van der Waals surface area contributed by atoms with Gasteiger partial charge in [0.05, 0.1) is 24.2 Å². The first kappa shape index (κ1) is 27.3. The number of carbonyl (C=O) groups is 4. The van der Waals surface area contributed by atoms with Crippen molar-refractivity contribution >= 4 is 23.9 Å². The molecule has 0 unspecified atom stereocenters. The van der Waals surface area contributed by atoms with Gasteiger partial charge in [0.15, 0.2) is 0 Å². The van der Waals surface area contributed by atoms with Gasteiger partial charge in [-0.2, -0.15) is 0 Å². The molecular weight excluding hydrogens is 480 g/mol. The van der Waals surface area contributed by atoms with Crippen molar-refractivity contribution in [2.75, 3.05) is 6.61 Å². The molecule has 0 radical (unpaired) electrons. The molecular formula is C28H28O9. The van der Waals surface area contributed by atoms with Gasteiger partial charge in [0.25, 0.3) is 0 Å². The number of benzene rings is 2. The largest absolute Gasteiger partial charge is 0.462 e. The van der Waals surface area contributed by atoms with Gasteiger partial charge in [-0.3, -0.25) is 4.79 Å². The van der Waals surface area contributed by atoms with Gasteiger partial charge in [0.1, 0.15) is 23.4 Å². The number of ether oxygens (including phenoxy) is 4. The van der Waals surface area contributed by atoms with Gasteiger partial charge in [-0.05, 0) is 74.2 Å². The predicted molar refractivity (Wildman–Crippen MR) is 132 cm³/mol. The lowest BCUT2D eigenvalue weighted by atomic mass is 9.98. The molecule has 1 N–H and O–H groups in total. The minimum atomic E-state index is -0.768. The lowest BCUT2D eigenvalue weighted by molar-refractivity contribution is -0.150. The van der Waals surface area contributed by atoms with Crippen LogP contribution in [0.5, 0.6) is 17.2 Å². The molecule has 1 aliphatic carbocycles. The molecule has 2 aromatic rings. The van der Waals surface area contributed by atoms with Gasteiger partial charge in [0, 0.05) is 5.57 Å². The number of rotatable bonds is 10. The first-order valence-corrected chi connectivity index (χ1v) is 11.8. The van der Waals surface area contributed by atoms with Crippen LogP contribution in [0.2, 0.25) is 0 Å². The zero-order valence-electron chi connectivity index (χ0n) is 20.3. The highest BCUT2D eigenvalue weighted by atomic mass is 16.6. The smallest absolute Gasteiger partial charge is 0.343 e. The Bertz CT molecular complexity index is 1160. The summed E-state index contributed by atoms with van der Waals surface area (Å²) < 4.78 is 20.9. The summed E-state index contributed by atoms with van der Waals surface area (Å²) in [6, 6.07) is 11.4. The molecule has 2 aromatic carbocycles. The van der Waals surface area contributed by atoms with Crippen molar-refractivity contribution in [2.24, 2.45) is 0 Å². The van der Waals surface area contributed by atoms with E-state index in [0.717, 1.165) is 32.1 Å². The summed E-state index contributed by atoms with van der Waals surface area (Å²) in [5, 5.41) is 8.90. The monoisotopic (exact) mass is 508 g/mol. The van der Waals surface area contributed by atoms with Gasteiger partial charge >= 0.3 is 23.9 Å². The van der Waals surface area contributed by atoms with Crippen LogP contribution in [0.4, 0.5) is 0 Å². The lowest BCUT2D eigenvalue weighted by Gasteiger charge is -2.21. The van der Waals surface area contributed by atoms with Crippen LogP contribution in [-0.4, -0.2) is 41.7 Å². The summed E-state index contributed by atoms with van der Waals surface area (Å²) >= 11 is 0. The van der Waals surface area contributed by atoms with Crippen LogP contribution in [0.25, 0.3) is 0 Å². The van der Waals surface area contributed by atoms with E-state index in [1.165, 1.54) is 48.5 Å². The molecule has 1 aliphatic rings. The molecule has 1 fully saturated rings. The highest BCUT2D eigenvalue weighted by Crippen LogP contribution is 2.22. The first-order valence-electron chi connectivity index (χ1n) is 11.8. The zero-order valence-corrected chi connectivity index (χ0v) is 20.3. The van der Waals surface area contributed by atoms with Gasteiger partial charge in [-0.25, -0.2) is 14.4 Å². The second-order valence-electron chi connectivity index (χ2n) is 8.46. The minimum Gasteiger partial charge on any atom is -0.462 e. The number of hydrogen-bond donors (Lipinski definition) is 1. The van der Waals surface area contributed by atoms with E-state index in [0.29, 0.717) is 0 Å². The Morgan fingerprint density at radius 3 is 1.76 bits per heavy atom. The quantitative estimate of drug-likeness (QED) is 0.287. The fourth-order valence-electron chi connectivity index (χ4n) is 3.48. The van der Waals surface area contributed by atoms with Gasteiger partial charge in [0.2, 0.25) is 0 Å². The summed E-state index contributed by atoms with van der Waals surface area (Å²) in [5.41, 5.74) is 0.0784. The van der Waals surface area contributed by atoms with Crippen molar-refractivity contribution in [1.29, 1.82) is 0 Å². The third-order valence-corrected chi connectivity index (χ3v) is 5.52. The second-order valence-corrected chi connectivity index (χ2v) is 8.46. The SMILES string of the molecule is C=C(CO)C(=O)Oc1ccc(OC(=O)c2ccc(OC(=O)C(=C)CC(=O)OC3CCCCC3)cc2)cc1. The van der Waals surface area contributed by atoms with Crippen LogP contribution in [0.3, 0.4) is 0 Å². The van der Waals surface area contributed by atoms with Crippen LogP contribution in [0, 0.1) is 0 Å². The molecule has 1 saturated carbocycles. The molecule has 0 heterocycles. The molecule has 0 bridgehead atoms. The number of carbonyl (C=O) groups excluding carboxylic acids is 4. The number of aliphatic hydroxyl groups is 1. The van der Waals surface area contributed by atoms with Crippen molar-refractivity contribution in [1.82, 2.24) is 0 Å². The van der Waals surface area contributed by atoms with E-state index in [2.05, 4.69) is 13.2 Å². The Labute approximate surface area is 214 Å². The third-order valence-electron chi connectivity index (χ3n) is 5.52. The van der Waals surface area contributed by atoms with Crippen molar-refractivity contribution in [3.63, 3.8) is 0 Å². The molecule has 9 nitrogen and oxygen atoms in total. The average Bonchev–Trinajstić information content (AvgIpc) is 2.90. The molecule has 0 aromatic heterocycles. The molecule has 37 heavy (non-hydrogen) atoms. The molecule has 0 atom stereocenters. The summed E-state index contributed by atoms with van der Waals surface area (Å²) in [6.45, 7) is 6.48. The summed E-state index contributed by atoms with van der Waals surface area (Å²) in [5.74, 6) is -2.14. The number of hydrogen-bond acceptors (Lipinski definition) is 9. The van der Waals surface area contributed by atoms with E-state index < -0.39 is 30.5 Å². The van der Waals surface area contributed by atoms with Gasteiger partial charge < -0.3 is 24.1 Å². The van der Waals surface area contributed by atoms with E-state index >= 15 is 0 Å². The molecule has 0 amide bonds. The predicted octanol–water partition coefficient (Wildman–Crippen LogP) is 4.09. The lowest BCUT2D eigenvalue weighted by Crippen LogP contribution is -2.22. The highest BCUT2D eigenvalue weighted by Gasteiger charge is 2.21. The maximum atomic E-state index is 12.4. The fourth-order valence-corrected chi connectivity index (χ4v) is 3.48. The minimum absolute atomic E-state index is 0.0286. The van der Waals surface area contributed by atoms with Gasteiger partial charge in [-0.15, -0.1) is 0 Å². The van der Waals surface area contributed by atoms with E-state index in [1.54, 1.807) is 0 Å². The van der Waals surface area contributed by atoms with Crippen LogP contribution >= 0.6 is 0 Å². The maximum Gasteiger partial charge on any atom is 0.343 e. The number of aliphatic hydroxyl groups excluding tert-OH is 1. The van der Waals surface area contributed by atoms with Crippen molar-refractivity contribution in [3.05, 3.63) is 78.4 Å². The molecule has 0 saturated heterocycles. The van der Waals surface area contributed by atoms with Crippen LogP contribution in [0.1, 0.15) is 48.9 Å². The van der Waals surface area contributed by atoms with E-state index in [9.17, 15) is 19.2 Å². The van der Waals surface area contributed by atoms with Crippen LogP contribution in [-0.2, 0) is 19.1 Å². The third kappa shape index (κ3) is 8.43. The van der Waals surface area contributed by atoms with E-state index in [4.69, 9.17) is 24.1 Å². The summed E-state index contributed by atoms with van der Waals surface area (Å²) in [7, 11) is 0. The van der Waals surface area contributed by atoms with Crippen molar-refractivity contribution < 1.29 is 43.2 Å². The van der Waals surface area contributed by atoms with Gasteiger partial charge in [-0.1, -0.05) is 19.6 Å². The summed E-state index contributed by atoms with van der Waals surface area (Å²) in [6.07, 6.45) is 4.49. The normalized spacial score (nSPS) is 13.2. The fraction of sp³-hybridized carbons (Fsp3) is 0.286. The Hall–Kier alpha value is -4.24. The van der Waals surface area contributed by atoms with E-state index in [-0.39, 0.29) is 46.5 Å². The molecule has 3 rings (SSSR count). The topological polar surface area (TPSA) is 125 Å². The highest BCUT2D eigenvalue weighted by molar-refractivity contribution is 5.95. The molecule has 194 valence electrons. The Morgan fingerprint density at radius 2 is 1.22 bits per heavy atom. The first-order chi connectivity index (χ1) is 17.7. The standard InChI is InChI=1S/C28H28O9/c1-18(16-25(30)34-21-6-4-3-5-7-21)26(31)35-22-10-8-20(9-11-22)28(33)37-24-14-12-23(13-15-24)36-27(32)19(2)17-29/h8-15,21,29H,1-7,16-17H2.